The van der Waals surface area contributed by atoms with Gasteiger partial charge in [0.15, 0.2) is 0 Å². The number of rotatable bonds is 6. The molecule has 0 bridgehead atoms. The topological polar surface area (TPSA) is 29.3 Å². The van der Waals surface area contributed by atoms with E-state index < -0.39 is 0 Å². The standard InChI is InChI=1S/C14H22N2/c1-4-9-16(3)11-13-5-7-14(8-6-13)12(2)10-15/h4-8,12H,1,9-11,15H2,2-3H3. The molecule has 2 heteroatoms. The summed E-state index contributed by atoms with van der Waals surface area (Å²) in [5.41, 5.74) is 8.29. The molecule has 0 aliphatic carbocycles. The van der Waals surface area contributed by atoms with Gasteiger partial charge in [-0.3, -0.25) is 4.90 Å². The Hall–Kier alpha value is -1.12. The highest BCUT2D eigenvalue weighted by atomic mass is 15.1. The minimum Gasteiger partial charge on any atom is -0.330 e. The summed E-state index contributed by atoms with van der Waals surface area (Å²) in [6, 6.07) is 8.71. The molecule has 1 aromatic rings. The van der Waals surface area contributed by atoms with Crippen molar-refractivity contribution < 1.29 is 0 Å². The lowest BCUT2D eigenvalue weighted by Crippen LogP contribution is -2.17. The van der Waals surface area contributed by atoms with Gasteiger partial charge in [0, 0.05) is 13.1 Å². The molecule has 0 amide bonds. The molecule has 0 aliphatic heterocycles. The van der Waals surface area contributed by atoms with Gasteiger partial charge in [-0.15, -0.1) is 6.58 Å². The normalized spacial score (nSPS) is 12.8. The smallest absolute Gasteiger partial charge is 0.0233 e. The monoisotopic (exact) mass is 218 g/mol. The van der Waals surface area contributed by atoms with Crippen molar-refractivity contribution in [1.29, 1.82) is 0 Å². The molecule has 0 aromatic heterocycles. The molecule has 0 spiro atoms. The van der Waals surface area contributed by atoms with Gasteiger partial charge in [-0.1, -0.05) is 37.3 Å². The fraction of sp³-hybridized carbons (Fsp3) is 0.429. The van der Waals surface area contributed by atoms with E-state index >= 15 is 0 Å². The van der Waals surface area contributed by atoms with E-state index in [4.69, 9.17) is 5.73 Å². The molecule has 2 N–H and O–H groups in total. The first-order chi connectivity index (χ1) is 7.67. The number of nitrogens with zero attached hydrogens (tertiary/aromatic N) is 1. The number of likely N-dealkylation sites (N-methyl/N-ethyl adjacent to an activating group) is 1. The van der Waals surface area contributed by atoms with Gasteiger partial charge in [-0.25, -0.2) is 0 Å². The summed E-state index contributed by atoms with van der Waals surface area (Å²) in [6.07, 6.45) is 1.92. The highest BCUT2D eigenvalue weighted by molar-refractivity contribution is 5.25. The quantitative estimate of drug-likeness (QED) is 0.743. The Morgan fingerprint density at radius 2 is 2.00 bits per heavy atom. The second-order valence-electron chi connectivity index (χ2n) is 4.36. The minimum absolute atomic E-state index is 0.444. The van der Waals surface area contributed by atoms with Crippen molar-refractivity contribution in [1.82, 2.24) is 4.90 Å². The van der Waals surface area contributed by atoms with Crippen LogP contribution in [0.25, 0.3) is 0 Å². The van der Waals surface area contributed by atoms with Crippen molar-refractivity contribution in [2.45, 2.75) is 19.4 Å². The van der Waals surface area contributed by atoms with Gasteiger partial charge in [0.2, 0.25) is 0 Å². The molecule has 1 unspecified atom stereocenters. The SMILES string of the molecule is C=CCN(C)Cc1ccc(C(C)CN)cc1. The maximum atomic E-state index is 5.64. The molecular formula is C14H22N2. The van der Waals surface area contributed by atoms with Crippen LogP contribution in [-0.4, -0.2) is 25.0 Å². The average Bonchev–Trinajstić information content (AvgIpc) is 2.29. The molecule has 0 heterocycles. The largest absolute Gasteiger partial charge is 0.330 e. The van der Waals surface area contributed by atoms with Crippen LogP contribution in [0.4, 0.5) is 0 Å². The summed E-state index contributed by atoms with van der Waals surface area (Å²) in [6.45, 7) is 8.47. The second-order valence-corrected chi connectivity index (χ2v) is 4.36. The van der Waals surface area contributed by atoms with Crippen molar-refractivity contribution in [3.63, 3.8) is 0 Å². The van der Waals surface area contributed by atoms with E-state index in [1.807, 2.05) is 6.08 Å². The first kappa shape index (κ1) is 12.9. The van der Waals surface area contributed by atoms with Gasteiger partial charge in [0.25, 0.3) is 0 Å². The van der Waals surface area contributed by atoms with Crippen LogP contribution in [0, 0.1) is 0 Å². The van der Waals surface area contributed by atoms with E-state index in [1.165, 1.54) is 11.1 Å². The number of benzene rings is 1. The number of hydrogen-bond donors (Lipinski definition) is 1. The van der Waals surface area contributed by atoms with E-state index in [2.05, 4.69) is 49.7 Å². The van der Waals surface area contributed by atoms with Gasteiger partial charge in [-0.05, 0) is 30.6 Å². The third-order valence-corrected chi connectivity index (χ3v) is 2.80. The molecular weight excluding hydrogens is 196 g/mol. The Kier molecular flexibility index (Phi) is 5.23. The fourth-order valence-corrected chi connectivity index (χ4v) is 1.68. The van der Waals surface area contributed by atoms with Crippen LogP contribution in [0.1, 0.15) is 24.0 Å². The molecule has 0 saturated heterocycles. The van der Waals surface area contributed by atoms with Crippen LogP contribution in [-0.2, 0) is 6.54 Å². The molecule has 2 nitrogen and oxygen atoms in total. The van der Waals surface area contributed by atoms with E-state index in [0.29, 0.717) is 12.5 Å². The molecule has 16 heavy (non-hydrogen) atoms. The average molecular weight is 218 g/mol. The molecule has 0 fully saturated rings. The van der Waals surface area contributed by atoms with Crippen molar-refractivity contribution in [3.05, 3.63) is 48.0 Å². The van der Waals surface area contributed by atoms with E-state index in [-0.39, 0.29) is 0 Å². The maximum Gasteiger partial charge on any atom is 0.0233 e. The molecule has 1 atom stereocenters. The second kappa shape index (κ2) is 6.46. The maximum absolute atomic E-state index is 5.64. The van der Waals surface area contributed by atoms with Crippen molar-refractivity contribution >= 4 is 0 Å². The third kappa shape index (κ3) is 3.80. The van der Waals surface area contributed by atoms with Gasteiger partial charge in [-0.2, -0.15) is 0 Å². The minimum atomic E-state index is 0.444. The molecule has 88 valence electrons. The van der Waals surface area contributed by atoms with E-state index in [9.17, 15) is 0 Å². The summed E-state index contributed by atoms with van der Waals surface area (Å²) in [5.74, 6) is 0.444. The lowest BCUT2D eigenvalue weighted by molar-refractivity contribution is 0.363. The van der Waals surface area contributed by atoms with Crippen molar-refractivity contribution in [2.75, 3.05) is 20.1 Å². The summed E-state index contributed by atoms with van der Waals surface area (Å²) in [5, 5.41) is 0. The lowest BCUT2D eigenvalue weighted by atomic mass is 10.00. The zero-order valence-electron chi connectivity index (χ0n) is 10.3. The molecule has 1 aromatic carbocycles. The molecule has 1 rings (SSSR count). The lowest BCUT2D eigenvalue weighted by Gasteiger charge is -2.15. The van der Waals surface area contributed by atoms with Crippen LogP contribution in [0.2, 0.25) is 0 Å². The Bertz CT molecular complexity index is 316. The first-order valence-corrected chi connectivity index (χ1v) is 5.75. The Balaban J connectivity index is 2.60. The summed E-state index contributed by atoms with van der Waals surface area (Å²) in [4.78, 5) is 2.23. The van der Waals surface area contributed by atoms with Gasteiger partial charge < -0.3 is 5.73 Å². The van der Waals surface area contributed by atoms with Crippen LogP contribution in [0.3, 0.4) is 0 Å². The highest BCUT2D eigenvalue weighted by Crippen LogP contribution is 2.15. The predicted molar refractivity (Wildman–Crippen MR) is 70.4 cm³/mol. The van der Waals surface area contributed by atoms with Gasteiger partial charge >= 0.3 is 0 Å². The van der Waals surface area contributed by atoms with E-state index in [0.717, 1.165) is 13.1 Å². The first-order valence-electron chi connectivity index (χ1n) is 5.75. The zero-order valence-corrected chi connectivity index (χ0v) is 10.3. The Morgan fingerprint density at radius 1 is 1.38 bits per heavy atom. The summed E-state index contributed by atoms with van der Waals surface area (Å²) < 4.78 is 0. The molecule has 0 radical (unpaired) electrons. The zero-order chi connectivity index (χ0) is 12.0. The third-order valence-electron chi connectivity index (χ3n) is 2.80. The van der Waals surface area contributed by atoms with Crippen molar-refractivity contribution in [2.24, 2.45) is 5.73 Å². The summed E-state index contributed by atoms with van der Waals surface area (Å²) >= 11 is 0. The highest BCUT2D eigenvalue weighted by Gasteiger charge is 2.03. The number of nitrogens with two attached hydrogens (primary N) is 1. The molecule has 0 aliphatic rings. The Morgan fingerprint density at radius 3 is 2.50 bits per heavy atom. The van der Waals surface area contributed by atoms with E-state index in [1.54, 1.807) is 0 Å². The molecule has 0 saturated carbocycles. The van der Waals surface area contributed by atoms with Crippen LogP contribution in [0.5, 0.6) is 0 Å². The number of hydrogen-bond acceptors (Lipinski definition) is 2. The predicted octanol–water partition coefficient (Wildman–Crippen LogP) is 2.37. The van der Waals surface area contributed by atoms with Gasteiger partial charge in [0.05, 0.1) is 0 Å². The summed E-state index contributed by atoms with van der Waals surface area (Å²) in [7, 11) is 2.10. The van der Waals surface area contributed by atoms with Crippen LogP contribution >= 0.6 is 0 Å². The fourth-order valence-electron chi connectivity index (χ4n) is 1.68. The van der Waals surface area contributed by atoms with Gasteiger partial charge in [0.1, 0.15) is 0 Å². The Labute approximate surface area is 98.8 Å². The van der Waals surface area contributed by atoms with Crippen LogP contribution < -0.4 is 5.73 Å². The van der Waals surface area contributed by atoms with Crippen LogP contribution in [0.15, 0.2) is 36.9 Å². The van der Waals surface area contributed by atoms with Crippen molar-refractivity contribution in [3.8, 4) is 0 Å².